The molecule has 2 N–H and O–H groups in total. The van der Waals surface area contributed by atoms with E-state index in [9.17, 15) is 9.59 Å². The van der Waals surface area contributed by atoms with Gasteiger partial charge in [0.15, 0.2) is 17.3 Å². The molecule has 160 valence electrons. The van der Waals surface area contributed by atoms with Crippen molar-refractivity contribution >= 4 is 27.7 Å². The molecule has 0 spiro atoms. The highest BCUT2D eigenvalue weighted by molar-refractivity contribution is 9.10. The Morgan fingerprint density at radius 3 is 2.80 bits per heavy atom. The molecule has 0 radical (unpaired) electrons. The van der Waals surface area contributed by atoms with E-state index in [0.29, 0.717) is 65.3 Å². The van der Waals surface area contributed by atoms with Crippen molar-refractivity contribution in [1.29, 1.82) is 0 Å². The predicted octanol–water partition coefficient (Wildman–Crippen LogP) is 3.88. The Bertz CT molecular complexity index is 949. The maximum absolute atomic E-state index is 12.8. The second kappa shape index (κ2) is 9.38. The van der Waals surface area contributed by atoms with E-state index in [1.54, 1.807) is 18.2 Å². The van der Waals surface area contributed by atoms with Crippen LogP contribution in [0.5, 0.6) is 11.5 Å². The molecule has 1 aliphatic heterocycles. The summed E-state index contributed by atoms with van der Waals surface area (Å²) in [6.45, 7) is 6.22. The van der Waals surface area contributed by atoms with Gasteiger partial charge < -0.3 is 24.7 Å². The first kappa shape index (κ1) is 22.0. The molecular formula is C22H24BrNO6. The Labute approximate surface area is 183 Å². The molecule has 0 saturated heterocycles. The largest absolute Gasteiger partial charge is 0.490 e. The van der Waals surface area contributed by atoms with Crippen molar-refractivity contribution in [2.75, 3.05) is 20.3 Å². The van der Waals surface area contributed by atoms with Crippen molar-refractivity contribution < 1.29 is 28.5 Å². The Morgan fingerprint density at radius 2 is 2.13 bits per heavy atom. The molecule has 1 aromatic carbocycles. The first-order chi connectivity index (χ1) is 14.4. The van der Waals surface area contributed by atoms with Crippen molar-refractivity contribution in [3.63, 3.8) is 0 Å². The zero-order chi connectivity index (χ0) is 21.8. The van der Waals surface area contributed by atoms with Crippen LogP contribution in [0, 0.1) is 0 Å². The number of halogens is 1. The number of nitrogens with two attached hydrogens (primary N) is 1. The molecule has 0 saturated carbocycles. The van der Waals surface area contributed by atoms with E-state index in [0.717, 1.165) is 0 Å². The van der Waals surface area contributed by atoms with Crippen molar-refractivity contribution in [3.8, 4) is 11.5 Å². The Hall–Kier alpha value is -2.74. The number of carbonyl (C=O) groups excluding carboxylic acids is 2. The van der Waals surface area contributed by atoms with Crippen LogP contribution in [0.4, 0.5) is 0 Å². The van der Waals surface area contributed by atoms with Gasteiger partial charge in [-0.25, -0.2) is 4.79 Å². The molecule has 2 aliphatic rings. The Kier molecular flexibility index (Phi) is 6.87. The molecular weight excluding hydrogens is 454 g/mol. The van der Waals surface area contributed by atoms with Gasteiger partial charge >= 0.3 is 5.97 Å². The number of methoxy groups -OCH3 is 1. The number of allylic oxidation sites excluding steroid dienone is 2. The van der Waals surface area contributed by atoms with E-state index < -0.39 is 11.9 Å². The van der Waals surface area contributed by atoms with Crippen LogP contribution in [0.3, 0.4) is 0 Å². The van der Waals surface area contributed by atoms with Crippen LogP contribution in [-0.4, -0.2) is 32.1 Å². The van der Waals surface area contributed by atoms with E-state index in [1.165, 1.54) is 7.11 Å². The minimum atomic E-state index is -0.724. The van der Waals surface area contributed by atoms with Gasteiger partial charge in [-0.3, -0.25) is 4.79 Å². The normalized spacial score (nSPS) is 18.5. The molecule has 0 bridgehead atoms. The van der Waals surface area contributed by atoms with Gasteiger partial charge in [-0.2, -0.15) is 0 Å². The van der Waals surface area contributed by atoms with Gasteiger partial charge in [-0.1, -0.05) is 12.7 Å². The zero-order valence-corrected chi connectivity index (χ0v) is 18.5. The van der Waals surface area contributed by atoms with Crippen LogP contribution in [0.2, 0.25) is 0 Å². The summed E-state index contributed by atoms with van der Waals surface area (Å²) in [6, 6.07) is 3.55. The van der Waals surface area contributed by atoms with Crippen LogP contribution in [0.25, 0.3) is 0 Å². The minimum absolute atomic E-state index is 0.0543. The molecule has 1 heterocycles. The molecule has 0 aromatic heterocycles. The van der Waals surface area contributed by atoms with Gasteiger partial charge in [0.1, 0.15) is 17.9 Å². The molecule has 1 atom stereocenters. The molecule has 0 unspecified atom stereocenters. The lowest BCUT2D eigenvalue weighted by molar-refractivity contribution is -0.136. The fourth-order valence-corrected chi connectivity index (χ4v) is 4.27. The number of esters is 1. The van der Waals surface area contributed by atoms with Gasteiger partial charge in [0.25, 0.3) is 0 Å². The second-order valence-corrected chi connectivity index (χ2v) is 7.64. The van der Waals surface area contributed by atoms with Crippen LogP contribution in [0.15, 0.2) is 52.0 Å². The highest BCUT2D eigenvalue weighted by Crippen LogP contribution is 2.47. The average Bonchev–Trinajstić information content (AvgIpc) is 2.72. The van der Waals surface area contributed by atoms with Crippen LogP contribution < -0.4 is 15.2 Å². The van der Waals surface area contributed by atoms with E-state index in [1.807, 2.05) is 6.92 Å². The number of rotatable bonds is 7. The van der Waals surface area contributed by atoms with Crippen LogP contribution in [-0.2, 0) is 19.1 Å². The van der Waals surface area contributed by atoms with E-state index in [4.69, 9.17) is 24.7 Å². The molecule has 7 nitrogen and oxygen atoms in total. The topological polar surface area (TPSA) is 97.1 Å². The summed E-state index contributed by atoms with van der Waals surface area (Å²) in [5.74, 6) is -0.0155. The quantitative estimate of drug-likeness (QED) is 0.469. The van der Waals surface area contributed by atoms with E-state index >= 15 is 0 Å². The van der Waals surface area contributed by atoms with Crippen molar-refractivity contribution in [1.82, 2.24) is 0 Å². The first-order valence-corrected chi connectivity index (χ1v) is 10.4. The number of benzene rings is 1. The number of Topliss-reactive ketones (excluding diaryl/α,β-unsaturated/α-hetero) is 1. The molecule has 8 heteroatoms. The summed E-state index contributed by atoms with van der Waals surface area (Å²) in [6.07, 6.45) is 3.26. The van der Waals surface area contributed by atoms with Crippen LogP contribution in [0.1, 0.15) is 37.7 Å². The van der Waals surface area contributed by atoms with Gasteiger partial charge in [0.2, 0.25) is 5.88 Å². The standard InChI is InChI=1S/C22H24BrNO6/c1-4-9-29-20-13(23)10-12(11-16(20)28-5-2)17-18-14(25)7-6-8-15(18)30-21(24)19(17)22(26)27-3/h4,10-11,17H,1,5-9,24H2,2-3H3/t17-/m0/s1. The maximum atomic E-state index is 12.8. The summed E-state index contributed by atoms with van der Waals surface area (Å²) in [5.41, 5.74) is 7.28. The van der Waals surface area contributed by atoms with Crippen molar-refractivity contribution in [2.24, 2.45) is 5.73 Å². The molecule has 30 heavy (non-hydrogen) atoms. The highest BCUT2D eigenvalue weighted by atomic mass is 79.9. The smallest absolute Gasteiger partial charge is 0.340 e. The summed E-state index contributed by atoms with van der Waals surface area (Å²) < 4.78 is 22.7. The molecule has 0 fully saturated rings. The monoisotopic (exact) mass is 477 g/mol. The predicted molar refractivity (Wildman–Crippen MR) is 114 cm³/mol. The van der Waals surface area contributed by atoms with E-state index in [-0.39, 0.29) is 17.2 Å². The number of hydrogen-bond donors (Lipinski definition) is 1. The molecule has 3 rings (SSSR count). The number of ether oxygens (including phenoxy) is 4. The van der Waals surface area contributed by atoms with E-state index in [2.05, 4.69) is 22.5 Å². The molecule has 0 amide bonds. The second-order valence-electron chi connectivity index (χ2n) is 6.78. The van der Waals surface area contributed by atoms with Crippen molar-refractivity contribution in [2.45, 2.75) is 32.1 Å². The third-order valence-electron chi connectivity index (χ3n) is 4.90. The third kappa shape index (κ3) is 4.09. The lowest BCUT2D eigenvalue weighted by atomic mass is 9.77. The summed E-state index contributed by atoms with van der Waals surface area (Å²) >= 11 is 3.52. The number of ketones is 1. The highest BCUT2D eigenvalue weighted by Gasteiger charge is 2.41. The average molecular weight is 478 g/mol. The van der Waals surface area contributed by atoms with Crippen molar-refractivity contribution in [3.05, 3.63) is 57.6 Å². The number of carbonyl (C=O) groups is 2. The fourth-order valence-electron chi connectivity index (χ4n) is 3.70. The summed E-state index contributed by atoms with van der Waals surface area (Å²) in [5, 5.41) is 0. The minimum Gasteiger partial charge on any atom is -0.490 e. The third-order valence-corrected chi connectivity index (χ3v) is 5.49. The van der Waals surface area contributed by atoms with Crippen LogP contribution >= 0.6 is 15.9 Å². The Balaban J connectivity index is 2.21. The first-order valence-electron chi connectivity index (χ1n) is 9.64. The zero-order valence-electron chi connectivity index (χ0n) is 17.0. The van der Waals surface area contributed by atoms with Gasteiger partial charge in [0.05, 0.1) is 24.1 Å². The van der Waals surface area contributed by atoms with Gasteiger partial charge in [-0.15, -0.1) is 0 Å². The lowest BCUT2D eigenvalue weighted by Crippen LogP contribution is -2.31. The lowest BCUT2D eigenvalue weighted by Gasteiger charge is -2.32. The van der Waals surface area contributed by atoms with Gasteiger partial charge in [0, 0.05) is 18.4 Å². The molecule has 1 aromatic rings. The Morgan fingerprint density at radius 1 is 1.37 bits per heavy atom. The maximum Gasteiger partial charge on any atom is 0.340 e. The molecule has 1 aliphatic carbocycles. The summed E-state index contributed by atoms with van der Waals surface area (Å²) in [4.78, 5) is 25.4. The SMILES string of the molecule is C=CCOc1c(Br)cc([C@@H]2C(C(=O)OC)=C(N)OC3=C2C(=O)CCC3)cc1OCC. The van der Waals surface area contributed by atoms with Gasteiger partial charge in [-0.05, 0) is 47.0 Å². The summed E-state index contributed by atoms with van der Waals surface area (Å²) in [7, 11) is 1.26. The fraction of sp³-hybridized carbons (Fsp3) is 0.364. The number of hydrogen-bond acceptors (Lipinski definition) is 7.